The van der Waals surface area contributed by atoms with E-state index in [1.165, 1.54) is 18.6 Å². The van der Waals surface area contributed by atoms with Crippen LogP contribution in [0.5, 0.6) is 0 Å². The minimum Gasteiger partial charge on any atom is -0.378 e. The van der Waals surface area contributed by atoms with Crippen LogP contribution in [0, 0.1) is 6.92 Å². The van der Waals surface area contributed by atoms with Crippen molar-refractivity contribution in [2.24, 2.45) is 0 Å². The van der Waals surface area contributed by atoms with Crippen LogP contribution < -0.4 is 15.5 Å². The zero-order valence-corrected chi connectivity index (χ0v) is 16.0. The summed E-state index contributed by atoms with van der Waals surface area (Å²) in [6, 6.07) is 9.28. The van der Waals surface area contributed by atoms with Gasteiger partial charge in [0.1, 0.15) is 11.5 Å². The second-order valence-electron chi connectivity index (χ2n) is 6.54. The number of hydrogen-bond acceptors (Lipinski definition) is 8. The Morgan fingerprint density at radius 1 is 1.07 bits per heavy atom. The van der Waals surface area contributed by atoms with E-state index in [2.05, 4.69) is 35.5 Å². The number of aromatic nitrogens is 4. The zero-order chi connectivity index (χ0) is 20.1. The number of carbonyl (C=O) groups excluding carboxylic acids is 1. The van der Waals surface area contributed by atoms with Gasteiger partial charge in [-0.25, -0.2) is 9.97 Å². The predicted molar refractivity (Wildman–Crippen MR) is 110 cm³/mol. The molecule has 2 N–H and O–H groups in total. The largest absolute Gasteiger partial charge is 0.378 e. The van der Waals surface area contributed by atoms with Gasteiger partial charge in [0, 0.05) is 48.6 Å². The average Bonchev–Trinajstić information content (AvgIpc) is 2.76. The Balaban J connectivity index is 1.43. The molecule has 3 heterocycles. The Bertz CT molecular complexity index is 974. The molecule has 4 rings (SSSR count). The van der Waals surface area contributed by atoms with Gasteiger partial charge in [-0.1, -0.05) is 0 Å². The number of ether oxygens (including phenoxy) is 1. The summed E-state index contributed by atoms with van der Waals surface area (Å²) < 4.78 is 5.41. The summed E-state index contributed by atoms with van der Waals surface area (Å²) in [5.74, 6) is 1.11. The lowest BCUT2D eigenvalue weighted by Gasteiger charge is -2.28. The average molecular weight is 391 g/mol. The first-order chi connectivity index (χ1) is 14.2. The summed E-state index contributed by atoms with van der Waals surface area (Å²) in [6.07, 6.45) is 4.43. The van der Waals surface area contributed by atoms with Gasteiger partial charge in [-0.15, -0.1) is 0 Å². The molecule has 0 saturated carbocycles. The molecule has 0 radical (unpaired) electrons. The van der Waals surface area contributed by atoms with E-state index in [-0.39, 0.29) is 11.6 Å². The van der Waals surface area contributed by atoms with Crippen LogP contribution in [0.2, 0.25) is 0 Å². The van der Waals surface area contributed by atoms with Crippen molar-refractivity contribution in [2.75, 3.05) is 41.8 Å². The third-order valence-electron chi connectivity index (χ3n) is 4.37. The van der Waals surface area contributed by atoms with Crippen molar-refractivity contribution in [1.29, 1.82) is 0 Å². The highest BCUT2D eigenvalue weighted by Crippen LogP contribution is 2.20. The highest BCUT2D eigenvalue weighted by Gasteiger charge is 2.14. The number of aryl methyl sites for hydroxylation is 1. The quantitative estimate of drug-likeness (QED) is 0.683. The van der Waals surface area contributed by atoms with Gasteiger partial charge in [0.15, 0.2) is 0 Å². The molecule has 1 aromatic carbocycles. The van der Waals surface area contributed by atoms with Gasteiger partial charge in [0.05, 0.1) is 19.4 Å². The number of benzene rings is 1. The maximum absolute atomic E-state index is 12.2. The van der Waals surface area contributed by atoms with Crippen LogP contribution in [0.15, 0.2) is 48.9 Å². The number of rotatable bonds is 5. The normalized spacial score (nSPS) is 13.8. The maximum atomic E-state index is 12.2. The molecule has 1 saturated heterocycles. The van der Waals surface area contributed by atoms with E-state index in [1.807, 2.05) is 25.1 Å². The highest BCUT2D eigenvalue weighted by molar-refractivity contribution is 6.02. The van der Waals surface area contributed by atoms with Gasteiger partial charge in [-0.2, -0.15) is 4.98 Å². The van der Waals surface area contributed by atoms with Crippen molar-refractivity contribution in [3.8, 4) is 0 Å². The van der Waals surface area contributed by atoms with Gasteiger partial charge < -0.3 is 20.3 Å². The lowest BCUT2D eigenvalue weighted by atomic mass is 10.2. The number of morpholine rings is 1. The van der Waals surface area contributed by atoms with Gasteiger partial charge in [-0.3, -0.25) is 9.78 Å². The van der Waals surface area contributed by atoms with E-state index in [1.54, 1.807) is 12.1 Å². The minimum atomic E-state index is -0.309. The van der Waals surface area contributed by atoms with Crippen molar-refractivity contribution in [3.05, 3.63) is 60.3 Å². The molecule has 0 aliphatic carbocycles. The summed E-state index contributed by atoms with van der Waals surface area (Å²) in [5, 5.41) is 6.01. The summed E-state index contributed by atoms with van der Waals surface area (Å²) >= 11 is 0. The van der Waals surface area contributed by atoms with E-state index < -0.39 is 0 Å². The minimum absolute atomic E-state index is 0.263. The second kappa shape index (κ2) is 8.61. The summed E-state index contributed by atoms with van der Waals surface area (Å²) in [7, 11) is 0. The Labute approximate surface area is 168 Å². The van der Waals surface area contributed by atoms with Crippen LogP contribution in [0.1, 0.15) is 16.2 Å². The first-order valence-corrected chi connectivity index (χ1v) is 9.30. The standard InChI is InChI=1S/C20H21N7O2/c1-14-12-18(27-8-10-29-11-9-27)26-20(23-14)25-16-4-2-15(3-5-16)24-19(28)17-13-21-6-7-22-17/h2-7,12-13H,8-11H2,1H3,(H,24,28)(H,23,25,26). The van der Waals surface area contributed by atoms with E-state index in [9.17, 15) is 4.79 Å². The molecule has 1 amide bonds. The van der Waals surface area contributed by atoms with Crippen molar-refractivity contribution in [1.82, 2.24) is 19.9 Å². The molecule has 0 bridgehead atoms. The SMILES string of the molecule is Cc1cc(N2CCOCC2)nc(Nc2ccc(NC(=O)c3cnccn3)cc2)n1. The van der Waals surface area contributed by atoms with E-state index in [4.69, 9.17) is 4.74 Å². The van der Waals surface area contributed by atoms with Crippen molar-refractivity contribution < 1.29 is 9.53 Å². The van der Waals surface area contributed by atoms with E-state index >= 15 is 0 Å². The van der Waals surface area contributed by atoms with Gasteiger partial charge >= 0.3 is 0 Å². The molecule has 29 heavy (non-hydrogen) atoms. The summed E-state index contributed by atoms with van der Waals surface area (Å²) in [5.41, 5.74) is 2.63. The monoisotopic (exact) mass is 391 g/mol. The topological polar surface area (TPSA) is 105 Å². The van der Waals surface area contributed by atoms with Crippen LogP contribution in [0.4, 0.5) is 23.1 Å². The van der Waals surface area contributed by atoms with Crippen molar-refractivity contribution >= 4 is 29.0 Å². The van der Waals surface area contributed by atoms with Gasteiger partial charge in [0.2, 0.25) is 5.95 Å². The van der Waals surface area contributed by atoms with Crippen LogP contribution >= 0.6 is 0 Å². The fraction of sp³-hybridized carbons (Fsp3) is 0.250. The fourth-order valence-corrected chi connectivity index (χ4v) is 2.94. The molecular weight excluding hydrogens is 370 g/mol. The molecule has 1 aliphatic rings. The van der Waals surface area contributed by atoms with Crippen LogP contribution in [-0.2, 0) is 4.74 Å². The van der Waals surface area contributed by atoms with Crippen LogP contribution in [0.3, 0.4) is 0 Å². The third-order valence-corrected chi connectivity index (χ3v) is 4.37. The molecule has 1 fully saturated rings. The first-order valence-electron chi connectivity index (χ1n) is 9.30. The number of amides is 1. The number of nitrogens with one attached hydrogen (secondary N) is 2. The Kier molecular flexibility index (Phi) is 5.57. The van der Waals surface area contributed by atoms with Crippen LogP contribution in [0.25, 0.3) is 0 Å². The maximum Gasteiger partial charge on any atom is 0.275 e. The second-order valence-corrected chi connectivity index (χ2v) is 6.54. The molecular formula is C20H21N7O2. The number of nitrogens with zero attached hydrogens (tertiary/aromatic N) is 5. The van der Waals surface area contributed by atoms with Gasteiger partial charge in [0.25, 0.3) is 5.91 Å². The smallest absolute Gasteiger partial charge is 0.275 e. The van der Waals surface area contributed by atoms with Crippen molar-refractivity contribution in [2.45, 2.75) is 6.92 Å². The Hall–Kier alpha value is -3.59. The lowest BCUT2D eigenvalue weighted by molar-refractivity contribution is 0.102. The number of hydrogen-bond donors (Lipinski definition) is 2. The number of anilines is 4. The molecule has 9 heteroatoms. The molecule has 2 aromatic heterocycles. The molecule has 3 aromatic rings. The Morgan fingerprint density at radius 3 is 2.55 bits per heavy atom. The van der Waals surface area contributed by atoms with Crippen LogP contribution in [-0.4, -0.2) is 52.1 Å². The third kappa shape index (κ3) is 4.82. The Morgan fingerprint density at radius 2 is 1.83 bits per heavy atom. The fourth-order valence-electron chi connectivity index (χ4n) is 2.94. The molecule has 0 unspecified atom stereocenters. The molecule has 1 aliphatic heterocycles. The molecule has 9 nitrogen and oxygen atoms in total. The van der Waals surface area contributed by atoms with Gasteiger partial charge in [-0.05, 0) is 31.2 Å². The highest BCUT2D eigenvalue weighted by atomic mass is 16.5. The van der Waals surface area contributed by atoms with E-state index in [0.717, 1.165) is 30.3 Å². The van der Waals surface area contributed by atoms with E-state index in [0.29, 0.717) is 24.8 Å². The summed E-state index contributed by atoms with van der Waals surface area (Å²) in [6.45, 7) is 4.98. The first kappa shape index (κ1) is 18.8. The molecule has 0 atom stereocenters. The molecule has 0 spiro atoms. The predicted octanol–water partition coefficient (Wildman–Crippen LogP) is 2.41. The number of carbonyl (C=O) groups is 1. The van der Waals surface area contributed by atoms with Crippen molar-refractivity contribution in [3.63, 3.8) is 0 Å². The molecule has 148 valence electrons. The zero-order valence-electron chi connectivity index (χ0n) is 16.0. The lowest BCUT2D eigenvalue weighted by Crippen LogP contribution is -2.36. The summed E-state index contributed by atoms with van der Waals surface area (Å²) in [4.78, 5) is 31.3.